The lowest BCUT2D eigenvalue weighted by molar-refractivity contribution is -0.759. The molecule has 0 saturated carbocycles. The van der Waals surface area contributed by atoms with Gasteiger partial charge in [-0.3, -0.25) is 14.2 Å². The summed E-state index contributed by atoms with van der Waals surface area (Å²) in [6.45, 7) is 12.5. The van der Waals surface area contributed by atoms with Crippen molar-refractivity contribution in [3.63, 3.8) is 0 Å². The van der Waals surface area contributed by atoms with E-state index >= 15 is 0 Å². The lowest BCUT2D eigenvalue weighted by atomic mass is 10.1. The predicted molar refractivity (Wildman–Crippen MR) is 99.2 cm³/mol. The summed E-state index contributed by atoms with van der Waals surface area (Å²) in [5.41, 5.74) is -0.283. The van der Waals surface area contributed by atoms with E-state index in [0.717, 1.165) is 44.5 Å². The van der Waals surface area contributed by atoms with E-state index < -0.39 is 0 Å². The number of likely N-dealkylation sites (N-methyl/N-ethyl adjacent to an activating group) is 1. The summed E-state index contributed by atoms with van der Waals surface area (Å²) in [7, 11) is 0. The quantitative estimate of drug-likeness (QED) is 0.426. The van der Waals surface area contributed by atoms with Gasteiger partial charge in [0, 0.05) is 24.4 Å². The number of nitrogens with one attached hydrogen (secondary N) is 1. The summed E-state index contributed by atoms with van der Waals surface area (Å²) in [6, 6.07) is 0. The summed E-state index contributed by atoms with van der Waals surface area (Å²) in [5, 5.41) is 20.6. The molecule has 1 N–H and O–H groups in total. The van der Waals surface area contributed by atoms with E-state index in [4.69, 9.17) is 4.52 Å². The van der Waals surface area contributed by atoms with Crippen molar-refractivity contribution in [1.29, 1.82) is 0 Å². The third kappa shape index (κ3) is 6.83. The summed E-state index contributed by atoms with van der Waals surface area (Å²) in [4.78, 5) is 19.6. The zero-order valence-corrected chi connectivity index (χ0v) is 16.7. The highest BCUT2D eigenvalue weighted by molar-refractivity contribution is 8.13. The first kappa shape index (κ1) is 20.5. The fourth-order valence-corrected chi connectivity index (χ4v) is 3.26. The lowest BCUT2D eigenvalue weighted by Crippen LogP contribution is -2.65. The number of amides is 1. The lowest BCUT2D eigenvalue weighted by Gasteiger charge is -2.28. The number of carbonyl (C=O) groups is 1. The SMILES string of the molecule is CCN1CCN([n+]2cc(N=C([O-])CCSC(=O)NC(C)(C)C)on2)CC1. The molecular weight excluding hydrogens is 356 g/mol. The molecule has 2 rings (SSSR count). The van der Waals surface area contributed by atoms with E-state index in [1.807, 2.05) is 25.8 Å². The molecule has 2 heterocycles. The number of nitrogens with zero attached hydrogens (tertiary/aromatic N) is 5. The van der Waals surface area contributed by atoms with Crippen molar-refractivity contribution in [2.24, 2.45) is 4.99 Å². The Hall–Kier alpha value is -1.81. The van der Waals surface area contributed by atoms with Crippen LogP contribution in [0.3, 0.4) is 0 Å². The Morgan fingerprint density at radius 2 is 2.12 bits per heavy atom. The van der Waals surface area contributed by atoms with Crippen molar-refractivity contribution in [3.05, 3.63) is 6.20 Å². The van der Waals surface area contributed by atoms with Gasteiger partial charge >= 0.3 is 5.88 Å². The van der Waals surface area contributed by atoms with Crippen molar-refractivity contribution in [3.8, 4) is 0 Å². The Morgan fingerprint density at radius 3 is 2.73 bits per heavy atom. The van der Waals surface area contributed by atoms with Crippen molar-refractivity contribution in [2.75, 3.05) is 43.5 Å². The molecule has 146 valence electrons. The average molecular weight is 385 g/mol. The summed E-state index contributed by atoms with van der Waals surface area (Å²) < 4.78 is 5.12. The fraction of sp³-hybridized carbons (Fsp3) is 0.750. The van der Waals surface area contributed by atoms with Gasteiger partial charge in [0.05, 0.1) is 17.9 Å². The molecule has 0 aliphatic carbocycles. The molecule has 1 aliphatic rings. The second-order valence-electron chi connectivity index (χ2n) is 7.12. The van der Waals surface area contributed by atoms with Crippen molar-refractivity contribution in [2.45, 2.75) is 39.7 Å². The first-order valence-corrected chi connectivity index (χ1v) is 9.81. The van der Waals surface area contributed by atoms with Gasteiger partial charge in [-0.15, -0.1) is 0 Å². The van der Waals surface area contributed by atoms with E-state index in [-0.39, 0.29) is 29.0 Å². The number of aliphatic imine (C=N–C) groups is 1. The van der Waals surface area contributed by atoms with Crippen LogP contribution in [0.25, 0.3) is 0 Å². The van der Waals surface area contributed by atoms with Crippen LogP contribution in [0.5, 0.6) is 0 Å². The molecule has 10 heteroatoms. The molecule has 1 aromatic heterocycles. The molecule has 0 unspecified atom stereocenters. The minimum Gasteiger partial charge on any atom is -0.862 e. The fourth-order valence-electron chi connectivity index (χ4n) is 2.42. The number of thioether (sulfide) groups is 1. The van der Waals surface area contributed by atoms with Crippen LogP contribution in [0.4, 0.5) is 10.7 Å². The minimum atomic E-state index is -0.333. The van der Waals surface area contributed by atoms with Crippen LogP contribution in [0.2, 0.25) is 0 Å². The zero-order valence-electron chi connectivity index (χ0n) is 15.9. The number of rotatable bonds is 6. The Kier molecular flexibility index (Phi) is 7.27. The van der Waals surface area contributed by atoms with Gasteiger partial charge < -0.3 is 10.4 Å². The standard InChI is InChI=1S/C16H28N6O3S/c1-5-20-7-9-21(10-8-20)22-12-14(25-19-22)17-13(23)6-11-26-15(24)18-16(2,3)4/h12H,5-11H2,1-4H3,(H-,17,18,19,23,24). The molecule has 0 atom stereocenters. The van der Waals surface area contributed by atoms with E-state index in [1.165, 1.54) is 0 Å². The van der Waals surface area contributed by atoms with E-state index in [1.54, 1.807) is 11.0 Å². The smallest absolute Gasteiger partial charge is 0.324 e. The normalized spacial score (nSPS) is 16.8. The topological polar surface area (TPSA) is 101 Å². The third-order valence-corrected chi connectivity index (χ3v) is 4.56. The number of hydrogen-bond acceptors (Lipinski definition) is 8. The molecule has 26 heavy (non-hydrogen) atoms. The highest BCUT2D eigenvalue weighted by Crippen LogP contribution is 2.11. The van der Waals surface area contributed by atoms with Crippen LogP contribution in [0.15, 0.2) is 15.7 Å². The van der Waals surface area contributed by atoms with Gasteiger partial charge in [0.1, 0.15) is 0 Å². The Labute approximate surface area is 158 Å². The minimum absolute atomic E-state index is 0.144. The van der Waals surface area contributed by atoms with Crippen LogP contribution in [-0.2, 0) is 0 Å². The maximum absolute atomic E-state index is 11.9. The highest BCUT2D eigenvalue weighted by atomic mass is 32.2. The van der Waals surface area contributed by atoms with Gasteiger partial charge in [0.25, 0.3) is 11.4 Å². The van der Waals surface area contributed by atoms with E-state index in [2.05, 4.69) is 27.4 Å². The Bertz CT molecular complexity index is 620. The molecule has 0 radical (unpaired) electrons. The first-order valence-electron chi connectivity index (χ1n) is 8.82. The maximum atomic E-state index is 11.9. The highest BCUT2D eigenvalue weighted by Gasteiger charge is 2.25. The summed E-state index contributed by atoms with van der Waals surface area (Å²) in [6.07, 6.45) is 1.77. The number of carbonyl (C=O) groups excluding carboxylic acids is 1. The van der Waals surface area contributed by atoms with E-state index in [9.17, 15) is 9.90 Å². The van der Waals surface area contributed by atoms with Crippen molar-refractivity contribution in [1.82, 2.24) is 15.5 Å². The molecule has 1 aromatic rings. The second kappa shape index (κ2) is 9.22. The van der Waals surface area contributed by atoms with Crippen molar-refractivity contribution < 1.29 is 19.2 Å². The zero-order chi connectivity index (χ0) is 19.2. The van der Waals surface area contributed by atoms with Gasteiger partial charge in [-0.2, -0.15) is 5.01 Å². The number of aromatic nitrogens is 2. The van der Waals surface area contributed by atoms with Crippen LogP contribution in [0, 0.1) is 0 Å². The molecule has 1 saturated heterocycles. The first-order chi connectivity index (χ1) is 12.3. The molecule has 1 fully saturated rings. The maximum Gasteiger partial charge on any atom is 0.324 e. The average Bonchev–Trinajstić information content (AvgIpc) is 3.01. The number of piperazine rings is 1. The molecule has 1 aliphatic heterocycles. The molecule has 0 spiro atoms. The number of hydrogen-bond donors (Lipinski definition) is 1. The van der Waals surface area contributed by atoms with Crippen molar-refractivity contribution >= 4 is 28.8 Å². The largest absolute Gasteiger partial charge is 0.862 e. The van der Waals surface area contributed by atoms with Gasteiger partial charge in [0.15, 0.2) is 0 Å². The molecule has 1 amide bonds. The molecule has 0 bridgehead atoms. The van der Waals surface area contributed by atoms with Gasteiger partial charge in [-0.1, -0.05) is 18.7 Å². The molecule has 9 nitrogen and oxygen atoms in total. The van der Waals surface area contributed by atoms with Gasteiger partial charge in [0.2, 0.25) is 5.27 Å². The summed E-state index contributed by atoms with van der Waals surface area (Å²) in [5.74, 6) is 0.217. The van der Waals surface area contributed by atoms with Gasteiger partial charge in [-0.25, -0.2) is 4.99 Å². The molecule has 0 aromatic carbocycles. The predicted octanol–water partition coefficient (Wildman–Crippen LogP) is 0.257. The van der Waals surface area contributed by atoms with E-state index in [0.29, 0.717) is 5.75 Å². The Morgan fingerprint density at radius 1 is 1.42 bits per heavy atom. The van der Waals surface area contributed by atoms with Gasteiger partial charge in [-0.05, 0) is 39.6 Å². The second-order valence-corrected chi connectivity index (χ2v) is 8.18. The van der Waals surface area contributed by atoms with Crippen LogP contribution >= 0.6 is 11.8 Å². The summed E-state index contributed by atoms with van der Waals surface area (Å²) >= 11 is 1.08. The van der Waals surface area contributed by atoms with Crippen LogP contribution in [0.1, 0.15) is 34.1 Å². The monoisotopic (exact) mass is 384 g/mol. The van der Waals surface area contributed by atoms with Crippen LogP contribution in [-0.4, -0.2) is 65.3 Å². The molecular formula is C16H28N6O3S. The Balaban J connectivity index is 1.79. The third-order valence-electron chi connectivity index (χ3n) is 3.79. The van der Waals surface area contributed by atoms with Crippen LogP contribution < -0.4 is 20.2 Å².